The van der Waals surface area contributed by atoms with Crippen LogP contribution in [0.25, 0.3) is 0 Å². The molecule has 3 nitrogen and oxygen atoms in total. The fourth-order valence-electron chi connectivity index (χ4n) is 1.39. The first-order chi connectivity index (χ1) is 7.78. The average Bonchev–Trinajstić information content (AvgIpc) is 2.33. The zero-order valence-corrected chi connectivity index (χ0v) is 9.78. The standard InChI is InChI=1S/C12H12ClN3/c1-2-9-3-4-10(14-8-9)7-11-5-6-12(13)16-15-11/h3-6,8H,2,7H2,1H3. The van der Waals surface area contributed by atoms with Gasteiger partial charge in [0.15, 0.2) is 5.15 Å². The molecule has 0 atom stereocenters. The second-order valence-electron chi connectivity index (χ2n) is 3.54. The molecular formula is C12H12ClN3. The molecule has 2 heterocycles. The summed E-state index contributed by atoms with van der Waals surface area (Å²) in [7, 11) is 0. The lowest BCUT2D eigenvalue weighted by molar-refractivity contribution is 0.914. The molecule has 2 rings (SSSR count). The minimum Gasteiger partial charge on any atom is -0.261 e. The van der Waals surface area contributed by atoms with Gasteiger partial charge in [0.25, 0.3) is 0 Å². The summed E-state index contributed by atoms with van der Waals surface area (Å²) in [6, 6.07) is 7.72. The molecule has 0 aliphatic carbocycles. The van der Waals surface area contributed by atoms with Crippen LogP contribution in [0.5, 0.6) is 0 Å². The van der Waals surface area contributed by atoms with Gasteiger partial charge < -0.3 is 0 Å². The molecule has 0 aliphatic heterocycles. The third-order valence-corrected chi connectivity index (χ3v) is 2.55. The van der Waals surface area contributed by atoms with E-state index >= 15 is 0 Å². The maximum Gasteiger partial charge on any atom is 0.151 e. The van der Waals surface area contributed by atoms with Gasteiger partial charge in [0, 0.05) is 18.3 Å². The molecule has 0 unspecified atom stereocenters. The molecule has 0 aromatic carbocycles. The van der Waals surface area contributed by atoms with Crippen molar-refractivity contribution in [2.75, 3.05) is 0 Å². The normalized spacial score (nSPS) is 10.4. The summed E-state index contributed by atoms with van der Waals surface area (Å²) in [5, 5.41) is 8.21. The summed E-state index contributed by atoms with van der Waals surface area (Å²) in [4.78, 5) is 4.37. The monoisotopic (exact) mass is 233 g/mol. The van der Waals surface area contributed by atoms with Crippen LogP contribution in [0.3, 0.4) is 0 Å². The van der Waals surface area contributed by atoms with Crippen LogP contribution >= 0.6 is 11.6 Å². The zero-order chi connectivity index (χ0) is 11.4. The zero-order valence-electron chi connectivity index (χ0n) is 9.02. The van der Waals surface area contributed by atoms with E-state index in [2.05, 4.69) is 28.2 Å². The van der Waals surface area contributed by atoms with Gasteiger partial charge in [0.1, 0.15) is 0 Å². The van der Waals surface area contributed by atoms with Crippen molar-refractivity contribution >= 4 is 11.6 Å². The summed E-state index contributed by atoms with van der Waals surface area (Å²) < 4.78 is 0. The Morgan fingerprint density at radius 3 is 2.44 bits per heavy atom. The molecule has 0 radical (unpaired) electrons. The molecule has 0 bridgehead atoms. The maximum absolute atomic E-state index is 5.66. The van der Waals surface area contributed by atoms with E-state index in [1.54, 1.807) is 6.07 Å². The fourth-order valence-corrected chi connectivity index (χ4v) is 1.49. The van der Waals surface area contributed by atoms with E-state index in [1.807, 2.05) is 18.3 Å². The Balaban J connectivity index is 2.11. The van der Waals surface area contributed by atoms with Crippen LogP contribution in [0.2, 0.25) is 5.15 Å². The van der Waals surface area contributed by atoms with E-state index in [0.29, 0.717) is 11.6 Å². The Morgan fingerprint density at radius 2 is 1.88 bits per heavy atom. The van der Waals surface area contributed by atoms with Gasteiger partial charge in [-0.2, -0.15) is 5.10 Å². The molecule has 16 heavy (non-hydrogen) atoms. The van der Waals surface area contributed by atoms with Gasteiger partial charge in [-0.25, -0.2) is 0 Å². The number of nitrogens with zero attached hydrogens (tertiary/aromatic N) is 3. The minimum absolute atomic E-state index is 0.415. The third-order valence-electron chi connectivity index (χ3n) is 2.34. The van der Waals surface area contributed by atoms with E-state index in [1.165, 1.54) is 5.56 Å². The number of halogens is 1. The van der Waals surface area contributed by atoms with Crippen LogP contribution in [-0.4, -0.2) is 15.2 Å². The largest absolute Gasteiger partial charge is 0.261 e. The van der Waals surface area contributed by atoms with E-state index in [0.717, 1.165) is 17.8 Å². The van der Waals surface area contributed by atoms with Crippen molar-refractivity contribution in [1.29, 1.82) is 0 Å². The average molecular weight is 234 g/mol. The predicted molar refractivity (Wildman–Crippen MR) is 63.5 cm³/mol. The second-order valence-corrected chi connectivity index (χ2v) is 3.92. The number of aromatic nitrogens is 3. The van der Waals surface area contributed by atoms with Crippen LogP contribution in [0.15, 0.2) is 30.5 Å². The summed E-state index contributed by atoms with van der Waals surface area (Å²) in [5.41, 5.74) is 3.11. The van der Waals surface area contributed by atoms with Gasteiger partial charge in [-0.05, 0) is 30.2 Å². The molecule has 0 spiro atoms. The highest BCUT2D eigenvalue weighted by Gasteiger charge is 2.00. The SMILES string of the molecule is CCc1ccc(Cc2ccc(Cl)nn2)nc1. The molecule has 0 saturated heterocycles. The molecular weight excluding hydrogens is 222 g/mol. The van der Waals surface area contributed by atoms with Crippen molar-refractivity contribution < 1.29 is 0 Å². The highest BCUT2D eigenvalue weighted by molar-refractivity contribution is 6.29. The number of pyridine rings is 1. The van der Waals surface area contributed by atoms with Gasteiger partial charge >= 0.3 is 0 Å². The topological polar surface area (TPSA) is 38.7 Å². The van der Waals surface area contributed by atoms with Crippen molar-refractivity contribution in [2.24, 2.45) is 0 Å². The Kier molecular flexibility index (Phi) is 3.47. The highest BCUT2D eigenvalue weighted by Crippen LogP contribution is 2.08. The summed E-state index contributed by atoms with van der Waals surface area (Å²) in [5.74, 6) is 0. The Hall–Kier alpha value is -1.48. The Morgan fingerprint density at radius 1 is 1.06 bits per heavy atom. The van der Waals surface area contributed by atoms with E-state index in [-0.39, 0.29) is 0 Å². The maximum atomic E-state index is 5.66. The highest BCUT2D eigenvalue weighted by atomic mass is 35.5. The first-order valence-corrected chi connectivity index (χ1v) is 5.57. The van der Waals surface area contributed by atoms with Crippen LogP contribution in [0, 0.1) is 0 Å². The molecule has 0 aliphatic rings. The van der Waals surface area contributed by atoms with Crippen LogP contribution in [0.1, 0.15) is 23.9 Å². The third kappa shape index (κ3) is 2.76. The van der Waals surface area contributed by atoms with Crippen molar-refractivity contribution in [1.82, 2.24) is 15.2 Å². The van der Waals surface area contributed by atoms with Crippen molar-refractivity contribution in [3.63, 3.8) is 0 Å². The van der Waals surface area contributed by atoms with Crippen molar-refractivity contribution in [3.8, 4) is 0 Å². The van der Waals surface area contributed by atoms with Crippen LogP contribution in [0.4, 0.5) is 0 Å². The Bertz CT molecular complexity index is 451. The molecule has 0 N–H and O–H groups in total. The van der Waals surface area contributed by atoms with E-state index in [4.69, 9.17) is 11.6 Å². The van der Waals surface area contributed by atoms with E-state index < -0.39 is 0 Å². The predicted octanol–water partition coefficient (Wildman–Crippen LogP) is 2.68. The van der Waals surface area contributed by atoms with Gasteiger partial charge in [0.05, 0.1) is 5.69 Å². The second kappa shape index (κ2) is 5.03. The smallest absolute Gasteiger partial charge is 0.151 e. The molecule has 2 aromatic heterocycles. The number of rotatable bonds is 3. The quantitative estimate of drug-likeness (QED) is 0.818. The van der Waals surface area contributed by atoms with Crippen LogP contribution < -0.4 is 0 Å². The molecule has 2 aromatic rings. The van der Waals surface area contributed by atoms with E-state index in [9.17, 15) is 0 Å². The fraction of sp³-hybridized carbons (Fsp3) is 0.250. The molecule has 0 amide bonds. The Labute approximate surface area is 99.5 Å². The van der Waals surface area contributed by atoms with Gasteiger partial charge in [0.2, 0.25) is 0 Å². The van der Waals surface area contributed by atoms with Gasteiger partial charge in [-0.15, -0.1) is 5.10 Å². The number of hydrogen-bond donors (Lipinski definition) is 0. The lowest BCUT2D eigenvalue weighted by Crippen LogP contribution is -1.97. The molecule has 4 heteroatoms. The summed E-state index contributed by atoms with van der Waals surface area (Å²) in [6.07, 6.45) is 3.60. The van der Waals surface area contributed by atoms with Gasteiger partial charge in [-0.1, -0.05) is 24.6 Å². The lowest BCUT2D eigenvalue weighted by Gasteiger charge is -2.01. The van der Waals surface area contributed by atoms with Crippen molar-refractivity contribution in [3.05, 3.63) is 52.6 Å². The van der Waals surface area contributed by atoms with Gasteiger partial charge in [-0.3, -0.25) is 4.98 Å². The number of hydrogen-bond acceptors (Lipinski definition) is 3. The van der Waals surface area contributed by atoms with Crippen LogP contribution in [-0.2, 0) is 12.8 Å². The molecule has 82 valence electrons. The molecule has 0 fully saturated rings. The van der Waals surface area contributed by atoms with Crippen molar-refractivity contribution in [2.45, 2.75) is 19.8 Å². The minimum atomic E-state index is 0.415. The lowest BCUT2D eigenvalue weighted by atomic mass is 10.1. The first-order valence-electron chi connectivity index (χ1n) is 5.20. The first kappa shape index (κ1) is 11.0. The molecule has 0 saturated carbocycles. The number of aryl methyl sites for hydroxylation is 1. The summed E-state index contributed by atoms with van der Waals surface area (Å²) in [6.45, 7) is 2.11. The summed E-state index contributed by atoms with van der Waals surface area (Å²) >= 11 is 5.66.